The fourth-order valence-electron chi connectivity index (χ4n) is 8.46. The molecule has 0 bridgehead atoms. The zero-order valence-corrected chi connectivity index (χ0v) is 49.7. The lowest BCUT2D eigenvalue weighted by Gasteiger charge is -2.25. The van der Waals surface area contributed by atoms with Crippen LogP contribution in [0.2, 0.25) is 0 Å². The van der Waals surface area contributed by atoms with Gasteiger partial charge in [-0.2, -0.15) is 49.3 Å². The minimum absolute atomic E-state index is 0.0898. The zero-order chi connectivity index (χ0) is 57.0. The second kappa shape index (κ2) is 24.4. The molecule has 0 aliphatic heterocycles. The van der Waals surface area contributed by atoms with Gasteiger partial charge in [0.1, 0.15) is 22.9 Å². The molecular formula is C49H51N15O9S7. The molecule has 0 spiro atoms. The van der Waals surface area contributed by atoms with Gasteiger partial charge in [0.25, 0.3) is 20.2 Å². The van der Waals surface area contributed by atoms with Gasteiger partial charge in [0, 0.05) is 55.2 Å². The first kappa shape index (κ1) is 57.7. The molecule has 0 unspecified atom stereocenters. The second-order valence-corrected chi connectivity index (χ2v) is 24.1. The summed E-state index contributed by atoms with van der Waals surface area (Å²) in [7, 11) is -5.93. The molecule has 0 radical (unpaired) electrons. The number of methoxy groups -OCH3 is 2. The number of anilines is 6. The normalized spacial score (nSPS) is 12.1. The summed E-state index contributed by atoms with van der Waals surface area (Å²) in [5, 5.41) is 37.6. The number of thioether (sulfide) groups is 1. The molecule has 9 aromatic rings. The molecule has 0 fully saturated rings. The van der Waals surface area contributed by atoms with Crippen LogP contribution in [0, 0.1) is 13.8 Å². The molecule has 5 N–H and O–H groups in total. The number of azo groups is 2. The molecule has 0 aliphatic rings. The highest BCUT2D eigenvalue weighted by Crippen LogP contribution is 2.47. The summed E-state index contributed by atoms with van der Waals surface area (Å²) >= 11 is 5.60. The molecule has 4 aromatic carbocycles. The van der Waals surface area contributed by atoms with Crippen molar-refractivity contribution in [3.63, 3.8) is 0 Å². The van der Waals surface area contributed by atoms with Gasteiger partial charge < -0.3 is 35.0 Å². The quantitative estimate of drug-likeness (QED) is 0.0226. The maximum absolute atomic E-state index is 12.3. The van der Waals surface area contributed by atoms with Crippen LogP contribution in [0.1, 0.15) is 38.8 Å². The van der Waals surface area contributed by atoms with Crippen molar-refractivity contribution in [3.8, 4) is 34.0 Å². The highest BCUT2D eigenvalue weighted by atomic mass is 32.2. The Labute approximate surface area is 480 Å². The number of hydrogen-bond donors (Lipinski definition) is 5. The molecule has 5 aromatic heterocycles. The summed E-state index contributed by atoms with van der Waals surface area (Å²) in [4.78, 5) is 19.2. The van der Waals surface area contributed by atoms with Gasteiger partial charge in [-0.3, -0.25) is 9.11 Å². The van der Waals surface area contributed by atoms with Crippen LogP contribution in [-0.2, 0) is 20.2 Å². The molecular weight excluding hydrogens is 1170 g/mol. The van der Waals surface area contributed by atoms with E-state index < -0.39 is 20.2 Å². The van der Waals surface area contributed by atoms with Crippen LogP contribution in [-0.4, -0.2) is 116 Å². The monoisotopic (exact) mass is 1220 g/mol. The van der Waals surface area contributed by atoms with Crippen molar-refractivity contribution in [2.75, 3.05) is 73.2 Å². The van der Waals surface area contributed by atoms with Crippen LogP contribution in [0.25, 0.3) is 42.9 Å². The van der Waals surface area contributed by atoms with Crippen molar-refractivity contribution in [2.45, 2.75) is 56.5 Å². The van der Waals surface area contributed by atoms with Crippen molar-refractivity contribution in [1.29, 1.82) is 0 Å². The molecule has 5 heterocycles. The molecule has 0 aliphatic carbocycles. The number of aryl methyl sites for hydroxylation is 2. The topological polar surface area (TPSA) is 318 Å². The van der Waals surface area contributed by atoms with E-state index >= 15 is 0 Å². The molecule has 80 heavy (non-hydrogen) atoms. The summed E-state index contributed by atoms with van der Waals surface area (Å²) in [6.07, 6.45) is 0. The predicted molar refractivity (Wildman–Crippen MR) is 316 cm³/mol. The highest BCUT2D eigenvalue weighted by Gasteiger charge is 2.25. The molecule has 418 valence electrons. The summed E-state index contributed by atoms with van der Waals surface area (Å²) in [5.41, 5.74) is 5.41. The number of benzene rings is 4. The summed E-state index contributed by atoms with van der Waals surface area (Å²) in [6, 6.07) is 16.5. The van der Waals surface area contributed by atoms with Gasteiger partial charge in [0.05, 0.1) is 75.5 Å². The van der Waals surface area contributed by atoms with Crippen molar-refractivity contribution in [2.24, 2.45) is 20.5 Å². The molecule has 9 rings (SSSR count). The first-order valence-electron chi connectivity index (χ1n) is 24.4. The Kier molecular flexibility index (Phi) is 17.6. The van der Waals surface area contributed by atoms with Gasteiger partial charge >= 0.3 is 0 Å². The molecule has 0 atom stereocenters. The minimum Gasteiger partial charge on any atom is -0.494 e. The maximum atomic E-state index is 12.3. The summed E-state index contributed by atoms with van der Waals surface area (Å²) in [5.74, 6) is 1.45. The fraction of sp³-hybridized carbons (Fsp3) is 0.286. The number of fused-ring (bicyclic) bond motifs is 2. The van der Waals surface area contributed by atoms with Gasteiger partial charge in [-0.25, -0.2) is 0 Å². The standard InChI is InChI=1S/C49H51N15O9S7/c1-9-63(10-2)33-21-29(31(23-35(33)72-7)55-57-43-39-41(59-77-45(39)61-75-43)27-15-13-25(5)37(19-27)79(66,67)68)50-47-52-48(54-49(53-47)74-18-17-65)51-30-22-34(64(11-3)12-4)36(73-8)24-32(30)56-58-44-40-42(60-78-46(40)62-76-44)28-16-14-26(6)38(20-28)80(69,70)71/h13-16,19-24,65H,9-12,17-18H2,1-8H3,(H,66,67,68)(H,69,70,71)(H2,50,51,52,53,54). The number of aliphatic hydroxyl groups is 1. The third-order valence-corrected chi connectivity index (χ3v) is 18.4. The molecule has 0 amide bonds. The second-order valence-electron chi connectivity index (χ2n) is 17.2. The minimum atomic E-state index is -4.53. The van der Waals surface area contributed by atoms with Crippen LogP contribution in [0.3, 0.4) is 0 Å². The van der Waals surface area contributed by atoms with E-state index in [4.69, 9.17) is 34.7 Å². The van der Waals surface area contributed by atoms with Gasteiger partial charge in [-0.05, 0) is 123 Å². The Balaban J connectivity index is 1.13. The molecule has 31 heteroatoms. The number of aliphatic hydroxyl groups excluding tert-OH is 1. The van der Waals surface area contributed by atoms with E-state index in [0.29, 0.717) is 125 Å². The van der Waals surface area contributed by atoms with Crippen LogP contribution in [0.15, 0.2) is 96.1 Å². The highest BCUT2D eigenvalue weighted by molar-refractivity contribution is 7.99. The fourth-order valence-corrected chi connectivity index (χ4v) is 13.7. The smallest absolute Gasteiger partial charge is 0.294 e. The van der Waals surface area contributed by atoms with E-state index in [1.807, 2.05) is 39.8 Å². The van der Waals surface area contributed by atoms with Crippen LogP contribution in [0.5, 0.6) is 11.5 Å². The van der Waals surface area contributed by atoms with Crippen molar-refractivity contribution in [3.05, 3.63) is 71.8 Å². The number of aromatic nitrogens is 7. The predicted octanol–water partition coefficient (Wildman–Crippen LogP) is 12.6. The maximum Gasteiger partial charge on any atom is 0.294 e. The van der Waals surface area contributed by atoms with E-state index in [0.717, 1.165) is 57.5 Å². The Bertz CT molecular complexity index is 3810. The number of hydrogen-bond acceptors (Lipinski definition) is 27. The third-order valence-electron chi connectivity index (χ3n) is 12.4. The average Bonchev–Trinajstić information content (AvgIpc) is 4.32. The van der Waals surface area contributed by atoms with E-state index in [9.17, 15) is 31.0 Å². The number of ether oxygens (including phenoxy) is 2. The lowest BCUT2D eigenvalue weighted by Crippen LogP contribution is -2.22. The molecule has 0 saturated carbocycles. The van der Waals surface area contributed by atoms with Gasteiger partial charge in [-0.15, -0.1) is 20.5 Å². The Morgan fingerprint density at radius 1 is 0.588 bits per heavy atom. The number of rotatable bonds is 23. The van der Waals surface area contributed by atoms with Crippen molar-refractivity contribution < 1.29 is 40.5 Å². The van der Waals surface area contributed by atoms with E-state index in [1.165, 1.54) is 23.9 Å². The Hall–Kier alpha value is -6.94. The average molecular weight is 1220 g/mol. The van der Waals surface area contributed by atoms with E-state index in [2.05, 4.69) is 48.2 Å². The first-order chi connectivity index (χ1) is 38.4. The van der Waals surface area contributed by atoms with Gasteiger partial charge in [0.15, 0.2) is 24.8 Å². The third kappa shape index (κ3) is 12.2. The largest absolute Gasteiger partial charge is 0.494 e. The first-order valence-corrected chi connectivity index (χ1v) is 31.3. The van der Waals surface area contributed by atoms with E-state index in [-0.39, 0.29) is 39.2 Å². The molecule has 24 nitrogen and oxygen atoms in total. The summed E-state index contributed by atoms with van der Waals surface area (Å²) in [6.45, 7) is 13.7. The number of nitrogens with one attached hydrogen (secondary N) is 2. The number of nitrogens with zero attached hydrogens (tertiary/aromatic N) is 13. The van der Waals surface area contributed by atoms with Crippen molar-refractivity contribution >= 4 is 155 Å². The lowest BCUT2D eigenvalue weighted by molar-refractivity contribution is 0.322. The lowest BCUT2D eigenvalue weighted by atomic mass is 10.1. The Morgan fingerprint density at radius 2 is 1.01 bits per heavy atom. The molecule has 0 saturated heterocycles. The van der Waals surface area contributed by atoms with Gasteiger partial charge in [-0.1, -0.05) is 36.0 Å². The van der Waals surface area contributed by atoms with Crippen LogP contribution < -0.4 is 29.9 Å². The van der Waals surface area contributed by atoms with E-state index in [1.54, 1.807) is 64.5 Å². The van der Waals surface area contributed by atoms with Crippen LogP contribution >= 0.6 is 57.9 Å². The Morgan fingerprint density at radius 3 is 1.39 bits per heavy atom. The van der Waals surface area contributed by atoms with Crippen LogP contribution in [0.4, 0.5) is 56.0 Å². The van der Waals surface area contributed by atoms with Gasteiger partial charge in [0.2, 0.25) is 11.9 Å². The SMILES string of the molecule is CCN(CC)c1cc(Nc2nc(Nc3cc(N(CC)CC)c(OC)cc3N=Nc3snc4snc(-c5ccc(C)c(S(=O)(=O)O)c5)c34)nc(SCCO)n2)c(N=Nc2snc3snc(-c4ccc(C)c(S(=O)(=O)O)c4)c23)cc1OC. The summed E-state index contributed by atoms with van der Waals surface area (Å²) < 4.78 is 99.1. The van der Waals surface area contributed by atoms with Crippen molar-refractivity contribution in [1.82, 2.24) is 32.4 Å². The zero-order valence-electron chi connectivity index (χ0n) is 44.0.